The summed E-state index contributed by atoms with van der Waals surface area (Å²) in [4.78, 5) is 13.5. The van der Waals surface area contributed by atoms with Gasteiger partial charge in [0.25, 0.3) is 0 Å². The van der Waals surface area contributed by atoms with Crippen molar-refractivity contribution < 1.29 is 9.90 Å². The number of fused-ring (bicyclic) bond motifs is 2. The van der Waals surface area contributed by atoms with E-state index in [0.29, 0.717) is 36.4 Å². The SMILES string of the molecule is CC(C)(C)[C@H](N)N([O-])N1C[C@]2(C[C@H]1C(=O)NC1CC3CCC3=C(N)C1O)CC21CCC1. The number of rotatable bonds is 4. The van der Waals surface area contributed by atoms with E-state index in [9.17, 15) is 15.1 Å². The Bertz CT molecular complexity index is 804. The lowest BCUT2D eigenvalue weighted by Crippen LogP contribution is -2.60. The van der Waals surface area contributed by atoms with E-state index in [2.05, 4.69) is 5.32 Å². The topological polar surface area (TPSA) is 131 Å². The van der Waals surface area contributed by atoms with Crippen LogP contribution in [0.3, 0.4) is 0 Å². The third-order valence-electron chi connectivity index (χ3n) is 9.27. The Hall–Kier alpha value is -1.19. The molecule has 8 nitrogen and oxygen atoms in total. The fourth-order valence-corrected chi connectivity index (χ4v) is 6.70. The van der Waals surface area contributed by atoms with E-state index in [1.54, 1.807) is 5.01 Å². The van der Waals surface area contributed by atoms with Gasteiger partial charge in [0.2, 0.25) is 5.91 Å². The van der Waals surface area contributed by atoms with Crippen LogP contribution < -0.4 is 16.8 Å². The molecule has 6 N–H and O–H groups in total. The molecule has 5 aliphatic rings. The predicted octanol–water partition coefficient (Wildman–Crippen LogP) is 1.54. The first-order valence-corrected chi connectivity index (χ1v) is 11.9. The van der Waals surface area contributed by atoms with Crippen LogP contribution in [0.4, 0.5) is 0 Å². The number of allylic oxidation sites excluding steroid dienone is 1. The molecule has 2 spiro atoms. The maximum atomic E-state index is 13.5. The number of aliphatic hydroxyl groups excluding tert-OH is 1. The van der Waals surface area contributed by atoms with E-state index < -0.39 is 29.8 Å². The van der Waals surface area contributed by atoms with Gasteiger partial charge in [-0.25, -0.2) is 5.01 Å². The fraction of sp³-hybridized carbons (Fsp3) is 0.870. The minimum Gasteiger partial charge on any atom is -0.770 e. The number of nitrogens with two attached hydrogens (primary N) is 2. The van der Waals surface area contributed by atoms with Crippen molar-refractivity contribution >= 4 is 5.91 Å². The number of carbonyl (C=O) groups excluding carboxylic acids is 1. The highest BCUT2D eigenvalue weighted by molar-refractivity contribution is 5.83. The average molecular weight is 433 g/mol. The minimum atomic E-state index is -0.849. The van der Waals surface area contributed by atoms with Gasteiger partial charge in [0.15, 0.2) is 0 Å². The third kappa shape index (κ3) is 3.17. The average Bonchev–Trinajstić information content (AvgIpc) is 3.15. The zero-order chi connectivity index (χ0) is 22.3. The Morgan fingerprint density at radius 1 is 1.35 bits per heavy atom. The van der Waals surface area contributed by atoms with Gasteiger partial charge in [-0.3, -0.25) is 4.79 Å². The summed E-state index contributed by atoms with van der Waals surface area (Å²) < 4.78 is 0. The molecule has 0 aromatic heterocycles. The first-order valence-electron chi connectivity index (χ1n) is 11.9. The number of nitrogens with one attached hydrogen (secondary N) is 1. The normalized spacial score (nSPS) is 40.0. The highest BCUT2D eigenvalue weighted by Crippen LogP contribution is 2.77. The van der Waals surface area contributed by atoms with Crippen molar-refractivity contribution in [3.8, 4) is 0 Å². The summed E-state index contributed by atoms with van der Waals surface area (Å²) in [5, 5.41) is 29.6. The molecule has 1 heterocycles. The van der Waals surface area contributed by atoms with Gasteiger partial charge < -0.3 is 32.3 Å². The molecule has 1 aliphatic heterocycles. The van der Waals surface area contributed by atoms with Crippen molar-refractivity contribution in [1.29, 1.82) is 0 Å². The van der Waals surface area contributed by atoms with E-state index in [1.807, 2.05) is 20.8 Å². The number of nitrogens with zero attached hydrogens (tertiary/aromatic N) is 2. The molecule has 0 aromatic rings. The molecule has 1 amide bonds. The molecule has 6 atom stereocenters. The van der Waals surface area contributed by atoms with Crippen LogP contribution in [-0.4, -0.2) is 52.1 Å². The first kappa shape index (κ1) is 21.6. The summed E-state index contributed by atoms with van der Waals surface area (Å²) in [6.45, 7) is 6.42. The van der Waals surface area contributed by atoms with E-state index in [-0.39, 0.29) is 11.3 Å². The molecular weight excluding hydrogens is 394 g/mol. The van der Waals surface area contributed by atoms with E-state index in [4.69, 9.17) is 11.5 Å². The molecule has 4 fully saturated rings. The lowest BCUT2D eigenvalue weighted by molar-refractivity contribution is -0.136. The Morgan fingerprint density at radius 3 is 2.58 bits per heavy atom. The van der Waals surface area contributed by atoms with Crippen molar-refractivity contribution in [2.24, 2.45) is 33.6 Å². The molecule has 0 radical (unpaired) electrons. The van der Waals surface area contributed by atoms with Gasteiger partial charge in [0.1, 0.15) is 12.1 Å². The monoisotopic (exact) mass is 432 g/mol. The van der Waals surface area contributed by atoms with Crippen LogP contribution in [0, 0.1) is 27.4 Å². The smallest absolute Gasteiger partial charge is 0.239 e. The standard InChI is InChI=1S/C23H38N5O3/c1-21(2,3)20(25)28(31)27-12-23(11-22(23)7-4-8-22)10-16(27)19(30)26-15-9-13-5-6-14(13)17(24)18(15)29/h13,15-16,18,20,29H,4-12,24-25H2,1-3H3,(H,26,30)/q-1/t13?,15?,16-,18?,20+,23-/m0/s1. The number of aliphatic hydroxyl groups is 1. The van der Waals surface area contributed by atoms with Crippen LogP contribution in [0.5, 0.6) is 0 Å². The van der Waals surface area contributed by atoms with Crippen molar-refractivity contribution in [3.05, 3.63) is 16.5 Å². The summed E-state index contributed by atoms with van der Waals surface area (Å²) in [5.41, 5.74) is 14.1. The number of hydrogen-bond acceptors (Lipinski definition) is 7. The number of hydroxylamine groups is 1. The van der Waals surface area contributed by atoms with Crippen molar-refractivity contribution in [1.82, 2.24) is 15.5 Å². The molecular formula is C23H38N5O3-. The summed E-state index contributed by atoms with van der Waals surface area (Å²) in [6, 6.07) is -0.945. The lowest BCUT2D eigenvalue weighted by atomic mass is 9.69. The predicted molar refractivity (Wildman–Crippen MR) is 118 cm³/mol. The van der Waals surface area contributed by atoms with E-state index in [1.165, 1.54) is 19.3 Å². The second-order valence-corrected chi connectivity index (χ2v) is 12.0. The van der Waals surface area contributed by atoms with Gasteiger partial charge in [-0.15, -0.1) is 0 Å². The second-order valence-electron chi connectivity index (χ2n) is 12.0. The van der Waals surface area contributed by atoms with E-state index >= 15 is 0 Å². The van der Waals surface area contributed by atoms with Crippen LogP contribution in [0.25, 0.3) is 0 Å². The van der Waals surface area contributed by atoms with Crippen LogP contribution in [0.15, 0.2) is 11.3 Å². The molecule has 5 rings (SSSR count). The lowest BCUT2D eigenvalue weighted by Gasteiger charge is -2.49. The zero-order valence-corrected chi connectivity index (χ0v) is 19.1. The number of carbonyl (C=O) groups is 1. The van der Waals surface area contributed by atoms with E-state index in [0.717, 1.165) is 30.0 Å². The molecule has 4 aliphatic carbocycles. The van der Waals surface area contributed by atoms with Gasteiger partial charge in [-0.05, 0) is 72.7 Å². The van der Waals surface area contributed by atoms with Crippen LogP contribution in [-0.2, 0) is 4.79 Å². The van der Waals surface area contributed by atoms with Crippen molar-refractivity contribution in [2.75, 3.05) is 6.54 Å². The van der Waals surface area contributed by atoms with Gasteiger partial charge in [-0.1, -0.05) is 27.2 Å². The Balaban J connectivity index is 1.34. The van der Waals surface area contributed by atoms with Crippen LogP contribution >= 0.6 is 0 Å². The molecule has 3 unspecified atom stereocenters. The number of hydrogen-bond donors (Lipinski definition) is 4. The summed E-state index contributed by atoms with van der Waals surface area (Å²) >= 11 is 0. The number of hydrazine groups is 1. The minimum absolute atomic E-state index is 0.0543. The maximum Gasteiger partial charge on any atom is 0.239 e. The highest BCUT2D eigenvalue weighted by atomic mass is 16.6. The fourth-order valence-electron chi connectivity index (χ4n) is 6.70. The Morgan fingerprint density at radius 2 is 2.06 bits per heavy atom. The van der Waals surface area contributed by atoms with Crippen LogP contribution in [0.1, 0.15) is 72.1 Å². The Labute approximate surface area is 184 Å². The van der Waals surface area contributed by atoms with Gasteiger partial charge in [0, 0.05) is 12.2 Å². The number of amides is 1. The van der Waals surface area contributed by atoms with Crippen molar-refractivity contribution in [2.45, 2.75) is 96.5 Å². The molecule has 1 saturated heterocycles. The molecule has 31 heavy (non-hydrogen) atoms. The largest absolute Gasteiger partial charge is 0.770 e. The molecule has 8 heteroatoms. The zero-order valence-electron chi connectivity index (χ0n) is 19.1. The third-order valence-corrected chi connectivity index (χ3v) is 9.27. The second kappa shape index (κ2) is 6.90. The summed E-state index contributed by atoms with van der Waals surface area (Å²) in [7, 11) is 0. The van der Waals surface area contributed by atoms with Crippen LogP contribution in [0.2, 0.25) is 0 Å². The summed E-state index contributed by atoms with van der Waals surface area (Å²) in [5.74, 6) is 0.187. The molecule has 0 bridgehead atoms. The summed E-state index contributed by atoms with van der Waals surface area (Å²) in [6.07, 6.45) is 6.58. The first-order chi connectivity index (χ1) is 14.5. The molecule has 0 aromatic carbocycles. The molecule has 174 valence electrons. The van der Waals surface area contributed by atoms with Gasteiger partial charge >= 0.3 is 0 Å². The van der Waals surface area contributed by atoms with Gasteiger partial charge in [0.05, 0.1) is 12.2 Å². The maximum absolute atomic E-state index is 13.5. The van der Waals surface area contributed by atoms with Gasteiger partial charge in [-0.2, -0.15) is 0 Å². The molecule has 3 saturated carbocycles. The van der Waals surface area contributed by atoms with Crippen molar-refractivity contribution in [3.63, 3.8) is 0 Å². The Kier molecular flexibility index (Phi) is 4.82. The quantitative estimate of drug-likeness (QED) is 0.391. The highest BCUT2D eigenvalue weighted by Gasteiger charge is 2.73.